The number of hydrogen-bond donors (Lipinski definition) is 2. The second-order valence-electron chi connectivity index (χ2n) is 41.5. The summed E-state index contributed by atoms with van der Waals surface area (Å²) in [6.07, 6.45) is 12.3. The molecule has 14 heteroatoms. The van der Waals surface area contributed by atoms with E-state index in [9.17, 15) is 28.8 Å². The smallest absolute Gasteiger partial charge is 0.308 e. The molecule has 0 radical (unpaired) electrons. The normalized spacial score (nSPS) is 10.8. The lowest BCUT2D eigenvalue weighted by molar-refractivity contribution is -0.149. The third-order valence-electron chi connectivity index (χ3n) is 18.3. The Morgan fingerprint density at radius 1 is 0.395 bits per heavy atom. The maximum absolute atomic E-state index is 11.7. The van der Waals surface area contributed by atoms with Crippen molar-refractivity contribution in [1.82, 2.24) is 0 Å². The largest absolute Gasteiger partial charge is 0.465 e. The van der Waals surface area contributed by atoms with Crippen LogP contribution in [0.1, 0.15) is 355 Å². The molecule has 0 aromatic heterocycles. The molecule has 1 aliphatic carbocycles. The summed E-state index contributed by atoms with van der Waals surface area (Å²) in [5, 5.41) is 15.4. The molecule has 5 aromatic carbocycles. The van der Waals surface area contributed by atoms with Crippen molar-refractivity contribution in [2.24, 2.45) is 101 Å². The van der Waals surface area contributed by atoms with E-state index in [-0.39, 0.29) is 83.7 Å². The fourth-order valence-electron chi connectivity index (χ4n) is 10.2. The van der Waals surface area contributed by atoms with Crippen molar-refractivity contribution in [3.8, 4) is 11.1 Å². The number of aliphatic hydroxyl groups is 1. The van der Waals surface area contributed by atoms with Crippen molar-refractivity contribution >= 4 is 49.9 Å². The van der Waals surface area contributed by atoms with Crippen LogP contribution in [0.4, 0.5) is 0 Å². The lowest BCUT2D eigenvalue weighted by Crippen LogP contribution is -2.30. The summed E-state index contributed by atoms with van der Waals surface area (Å²) >= 11 is 0. The molecule has 0 atom stereocenters. The summed E-state index contributed by atoms with van der Waals surface area (Å²) in [6, 6.07) is 46.6. The zero-order valence-electron chi connectivity index (χ0n) is 91.1. The Hall–Kier alpha value is -7.29. The molecule has 0 saturated heterocycles. The van der Waals surface area contributed by atoms with Gasteiger partial charge in [-0.2, -0.15) is 0 Å². The van der Waals surface area contributed by atoms with E-state index in [1.54, 1.807) is 26.8 Å². The van der Waals surface area contributed by atoms with Gasteiger partial charge in [0.2, 0.25) is 0 Å². The van der Waals surface area contributed by atoms with Gasteiger partial charge in [0.05, 0.1) is 57.5 Å². The van der Waals surface area contributed by atoms with Gasteiger partial charge >= 0.3 is 29.8 Å². The van der Waals surface area contributed by atoms with E-state index in [1.807, 2.05) is 138 Å². The maximum Gasteiger partial charge on any atom is 0.308 e. The van der Waals surface area contributed by atoms with Crippen LogP contribution < -0.4 is 0 Å². The Morgan fingerprint density at radius 2 is 0.736 bits per heavy atom. The molecule has 5 aromatic rings. The molecule has 0 unspecified atom stereocenters. The first kappa shape index (κ1) is 137. The molecule has 129 heavy (non-hydrogen) atoms. The molecule has 13 nitrogen and oxygen atoms in total. The highest BCUT2D eigenvalue weighted by atomic mass is 28.3. The fraction of sp³-hybridized carbons (Fsp3) is 0.661. The number of ketones is 1. The number of carbonyl (C=O) groups is 6. The average Bonchev–Trinajstić information content (AvgIpc) is 1.62. The van der Waals surface area contributed by atoms with Crippen molar-refractivity contribution in [2.45, 2.75) is 372 Å². The Kier molecular flexibility index (Phi) is 91.6. The van der Waals surface area contributed by atoms with Crippen LogP contribution in [-0.4, -0.2) is 81.5 Å². The second kappa shape index (κ2) is 86.1. The Labute approximate surface area is 797 Å². The molecule has 744 valence electrons. The molecular weight excluding hydrogens is 1620 g/mol. The predicted octanol–water partition coefficient (Wildman–Crippen LogP) is 32.6. The Morgan fingerprint density at radius 3 is 1.02 bits per heavy atom. The lowest BCUT2D eigenvalue weighted by Gasteiger charge is -2.28. The van der Waals surface area contributed by atoms with E-state index in [2.05, 4.69) is 272 Å². The number of aliphatic hydroxyl groups excluding tert-OH is 1. The monoisotopic (exact) mass is 1820 g/mol. The van der Waals surface area contributed by atoms with E-state index in [4.69, 9.17) is 34.2 Å². The Bertz CT molecular complexity index is 3390. The zero-order chi connectivity index (χ0) is 102. The highest BCUT2D eigenvalue weighted by molar-refractivity contribution is 6.78. The summed E-state index contributed by atoms with van der Waals surface area (Å²) in [5.74, 6) is 8.32. The van der Waals surface area contributed by atoms with E-state index in [0.29, 0.717) is 50.8 Å². The fourth-order valence-corrected chi connectivity index (χ4v) is 12.8. The van der Waals surface area contributed by atoms with Crippen molar-refractivity contribution < 1.29 is 57.6 Å². The van der Waals surface area contributed by atoms with Crippen molar-refractivity contribution in [1.29, 1.82) is 5.41 Å². The highest BCUT2D eigenvalue weighted by Gasteiger charge is 2.30. The summed E-state index contributed by atoms with van der Waals surface area (Å²) in [4.78, 5) is 65.4. The van der Waals surface area contributed by atoms with Gasteiger partial charge in [0.25, 0.3) is 0 Å². The summed E-state index contributed by atoms with van der Waals surface area (Å²) < 4.78 is 25.2. The van der Waals surface area contributed by atoms with E-state index in [1.165, 1.54) is 71.3 Å². The number of benzene rings is 5. The van der Waals surface area contributed by atoms with E-state index >= 15 is 0 Å². The van der Waals surface area contributed by atoms with Crippen LogP contribution in [0.15, 0.2) is 146 Å². The number of Topliss-reactive ketones (excluding diaryl/α,β-unsaturated/α-hetero) is 1. The van der Waals surface area contributed by atoms with Gasteiger partial charge in [0, 0.05) is 11.8 Å². The van der Waals surface area contributed by atoms with Gasteiger partial charge in [-0.05, 0) is 161 Å². The van der Waals surface area contributed by atoms with Crippen molar-refractivity contribution in [2.75, 3.05) is 26.4 Å². The van der Waals surface area contributed by atoms with Crippen LogP contribution >= 0.6 is 0 Å². The van der Waals surface area contributed by atoms with E-state index < -0.39 is 8.07 Å². The number of unbranched alkanes of at least 4 members (excludes halogenated alkanes) is 1. The quantitative estimate of drug-likeness (QED) is 0.0104. The molecule has 0 saturated carbocycles. The molecule has 0 aliphatic heterocycles. The van der Waals surface area contributed by atoms with Gasteiger partial charge in [-0.25, -0.2) is 0 Å². The van der Waals surface area contributed by atoms with Gasteiger partial charge < -0.3 is 34.2 Å². The van der Waals surface area contributed by atoms with Gasteiger partial charge in [0.1, 0.15) is 25.6 Å². The SMILES string of the molecule is C=CCOC(=O)C(C)C.CC(=O)C(C)C.CC(C)C.CC(C)C.CC(C)C(=O)OCC1c2ccccc2-c2ccccc21.CC(C)C(=O)OCc1ccccc1.CC(C)CC(C)C.CC(C)CC=N.CC(C)CCCCOC(=O)C(C)C.CC(C)COC(=O)C(C)C.CC(C)C[Si](C)(C)C(C)C.CC(C)Cc1ccc(CO)cc1.CC(C)Cc1ccccc1.CCC(C)C. The minimum atomic E-state index is -0.844. The summed E-state index contributed by atoms with van der Waals surface area (Å²) in [5.41, 5.74) is 10.8. The highest BCUT2D eigenvalue weighted by Crippen LogP contribution is 2.44. The number of fused-ring (bicyclic) bond motifs is 3. The van der Waals surface area contributed by atoms with Crippen LogP contribution in [0.5, 0.6) is 0 Å². The lowest BCUT2D eigenvalue weighted by atomic mass is 9.98. The summed E-state index contributed by atoms with van der Waals surface area (Å²) in [7, 11) is -0.844. The molecule has 2 N–H and O–H groups in total. The van der Waals surface area contributed by atoms with Crippen LogP contribution in [0.3, 0.4) is 0 Å². The van der Waals surface area contributed by atoms with Gasteiger partial charge in [-0.3, -0.25) is 28.8 Å². The van der Waals surface area contributed by atoms with Gasteiger partial charge in [0.15, 0.2) is 0 Å². The van der Waals surface area contributed by atoms with Crippen LogP contribution in [0, 0.1) is 106 Å². The third kappa shape index (κ3) is 95.1. The molecule has 0 fully saturated rings. The number of hydrogen-bond acceptors (Lipinski definition) is 13. The van der Waals surface area contributed by atoms with Crippen molar-refractivity contribution in [3.63, 3.8) is 0 Å². The first-order valence-electron chi connectivity index (χ1n) is 49.2. The zero-order valence-corrected chi connectivity index (χ0v) is 92.1. The average molecular weight is 1820 g/mol. The third-order valence-corrected chi connectivity index (χ3v) is 23.2. The van der Waals surface area contributed by atoms with Gasteiger partial charge in [-0.15, -0.1) is 0 Å². The molecular formula is C115H203NO12Si. The number of nitrogens with one attached hydrogen (secondary N) is 1. The summed E-state index contributed by atoms with van der Waals surface area (Å²) in [6.45, 7) is 94.2. The van der Waals surface area contributed by atoms with Crippen molar-refractivity contribution in [3.05, 3.63) is 179 Å². The Balaban J connectivity index is -0.000000208. The second-order valence-corrected chi connectivity index (χ2v) is 47.0. The minimum absolute atomic E-state index is 0.00116. The predicted molar refractivity (Wildman–Crippen MR) is 564 cm³/mol. The van der Waals surface area contributed by atoms with Crippen LogP contribution in [-0.2, 0) is 78.5 Å². The van der Waals surface area contributed by atoms with Gasteiger partial charge in [-0.1, -0.05) is 454 Å². The number of carbonyl (C=O) groups excluding carboxylic acids is 6. The number of esters is 5. The molecule has 0 heterocycles. The van der Waals surface area contributed by atoms with E-state index in [0.717, 1.165) is 89.7 Å². The first-order chi connectivity index (χ1) is 59.8. The molecule has 0 bridgehead atoms. The maximum atomic E-state index is 11.7. The number of rotatable bonds is 32. The minimum Gasteiger partial charge on any atom is -0.465 e. The van der Waals surface area contributed by atoms with Crippen LogP contribution in [0.2, 0.25) is 24.7 Å². The van der Waals surface area contributed by atoms with Crippen LogP contribution in [0.25, 0.3) is 11.1 Å². The topological polar surface area (TPSA) is 193 Å². The standard InChI is InChI=1S/C18H18O2.C11H14O2.C11H22O2.C11H16O.C10H14.C9H22Si.C8H16O2.C7H12O2.C7H16.C5H11N.C5H10O.C5H12.2C4H10/c1-12(2)18(19)20-11-17-15-9-5-3-7-13(15)14-8-4-6-10-16(14)17;1-9(2)11(12)13-8-10-6-4-3-5-7-10;1-9(2)7-5-6-8-13-11(12)10(3)4;1-9(2)7-10-3-5-11(8-12)6-4-10;1-9(2)8-10-6-4-3-5-7-10;1-8(2)7-10(5,6)9(3)4;1-6(2)5-10-8(9)7(3)4;1-4-5-9-7(8)6(2)3;1-6(2)5-7(3)4;1-5(2)3-4-6;1-4(2)5(3)6;1-4-5(2)3;2*1-4(2)3/h3-10,12,17H,11H2,1-2H3;3-7,9H,8H2,1-2H3;9-10H,5-8H2,1-4H3;3-6,9,12H,7-8H2,1-2H3;3-7,9H,8H2,1-2H3;8-9H,7H2,1-6H3;6-7H,5H2,1-4H3;4,6H,1,5H2,2-3H3;6-7H,5H2,1-4H3;4-6H,3H2,1-2H3;4H,1-3H3;5H,4H2,1-3H3;2*4H,1-3H3. The molecule has 0 spiro atoms. The first-order valence-corrected chi connectivity index (χ1v) is 52.4. The molecule has 0 amide bonds. The number of ether oxygens (including phenoxy) is 5. The molecule has 1 aliphatic rings. The molecule has 6 rings (SSSR count).